The fourth-order valence-corrected chi connectivity index (χ4v) is 8.36. The Labute approximate surface area is 380 Å². The highest BCUT2D eigenvalue weighted by atomic mass is 16.6. The van der Waals surface area contributed by atoms with Crippen LogP contribution in [0.1, 0.15) is 24.5 Å². The normalized spacial score (nSPS) is 31.0. The van der Waals surface area contributed by atoms with Crippen molar-refractivity contribution in [1.82, 2.24) is 48.6 Å². The molecule has 0 bridgehead atoms. The Balaban J connectivity index is 0.000000149. The first-order chi connectivity index (χ1) is 32.1. The third-order valence-electron chi connectivity index (χ3n) is 12.1. The van der Waals surface area contributed by atoms with E-state index in [4.69, 9.17) is 39.2 Å². The van der Waals surface area contributed by atoms with E-state index in [0.717, 1.165) is 0 Å². The van der Waals surface area contributed by atoms with Crippen molar-refractivity contribution in [3.05, 3.63) is 108 Å². The molecule has 6 aromatic rings. The maximum Gasteiger partial charge on any atom is 0.279 e. The molecule has 67 heavy (non-hydrogen) atoms. The van der Waals surface area contributed by atoms with E-state index < -0.39 is 91.4 Å². The van der Waals surface area contributed by atoms with Crippen LogP contribution in [0.4, 0.5) is 5.69 Å². The van der Waals surface area contributed by atoms with Crippen molar-refractivity contribution in [3.63, 3.8) is 0 Å². The number of nitrogens with two attached hydrogens (primary N) is 1. The number of aromatic amines is 2. The predicted molar refractivity (Wildman–Crippen MR) is 241 cm³/mol. The standard InChI is InChI=1S/C15H16N4O4.C15H16N4O3.C15H15N3O4/c1-4-9-11(21)15(5-2,6-20)23-14(9)19-7-16-10-12(19)17-8(3)18-13(10)22;1-3-9-12(21)15(4-2,7-20)22-14(9)19-8-18-11-10(16)5-6-17-13(11)19;1-3-9-12(21)15(4-2,7-19)22-14(9)18-8-17-11-10(20)5-6-16-13(11)18/h2,4,7,9,11,14,20-21H,1,6H2,3H3,(H,17,18,22);2-3,5-6,8-9,12,14,20-21H,1,7H2,(H2,16,17);2-3,5-6,8-9,12,14,19,21H,1,7H2,(H,16,20)/t9-,11-,14+,15+;2*9-,12-,14+,15+/m000/s1. The van der Waals surface area contributed by atoms with Crippen LogP contribution in [0, 0.1) is 61.7 Å². The Bertz CT molecular complexity index is 3100. The van der Waals surface area contributed by atoms with Crippen LogP contribution in [0.3, 0.4) is 0 Å². The monoisotopic (exact) mass is 917 g/mol. The molecule has 3 aliphatic rings. The highest BCUT2D eigenvalue weighted by molar-refractivity contribution is 5.83. The molecule has 9 heterocycles. The zero-order chi connectivity index (χ0) is 48.6. The Morgan fingerprint density at radius 1 is 0.716 bits per heavy atom. The molecule has 0 aliphatic carbocycles. The second-order valence-electron chi connectivity index (χ2n) is 15.8. The van der Waals surface area contributed by atoms with E-state index in [9.17, 15) is 40.2 Å². The minimum atomic E-state index is -1.55. The summed E-state index contributed by atoms with van der Waals surface area (Å²) < 4.78 is 22.0. The maximum absolute atomic E-state index is 11.9. The number of nitrogens with zero attached hydrogens (tertiary/aromatic N) is 8. The number of hydrogen-bond acceptors (Lipinski definition) is 17. The molecule has 348 valence electrons. The van der Waals surface area contributed by atoms with Crippen molar-refractivity contribution in [1.29, 1.82) is 0 Å². The molecular formula is C45H47N11O11. The van der Waals surface area contributed by atoms with Crippen LogP contribution in [-0.2, 0) is 14.2 Å². The lowest BCUT2D eigenvalue weighted by molar-refractivity contribution is -0.0895. The van der Waals surface area contributed by atoms with Crippen LogP contribution in [0.15, 0.2) is 91.1 Å². The van der Waals surface area contributed by atoms with Gasteiger partial charge in [0.1, 0.15) is 54.0 Å². The highest BCUT2D eigenvalue weighted by Gasteiger charge is 2.55. The molecule has 12 atom stereocenters. The van der Waals surface area contributed by atoms with Gasteiger partial charge >= 0.3 is 0 Å². The van der Waals surface area contributed by atoms with E-state index >= 15 is 0 Å². The fourth-order valence-electron chi connectivity index (χ4n) is 8.36. The number of aromatic nitrogens is 10. The highest BCUT2D eigenvalue weighted by Crippen LogP contribution is 2.45. The molecule has 10 N–H and O–H groups in total. The topological polar surface area (TPSA) is 320 Å². The summed E-state index contributed by atoms with van der Waals surface area (Å²) in [4.78, 5) is 50.1. The van der Waals surface area contributed by atoms with Gasteiger partial charge in [-0.2, -0.15) is 0 Å². The average molecular weight is 918 g/mol. The van der Waals surface area contributed by atoms with E-state index in [1.54, 1.807) is 34.4 Å². The van der Waals surface area contributed by atoms with Crippen LogP contribution in [0.2, 0.25) is 0 Å². The van der Waals surface area contributed by atoms with Gasteiger partial charge in [0.25, 0.3) is 5.56 Å². The molecule has 0 unspecified atom stereocenters. The molecule has 3 saturated heterocycles. The van der Waals surface area contributed by atoms with Crippen LogP contribution in [-0.4, -0.2) is 134 Å². The minimum Gasteiger partial charge on any atom is -0.397 e. The third-order valence-corrected chi connectivity index (χ3v) is 12.1. The number of pyridine rings is 2. The molecular weight excluding hydrogens is 871 g/mol. The number of imidazole rings is 3. The Hall–Kier alpha value is -7.27. The van der Waals surface area contributed by atoms with Gasteiger partial charge in [0.05, 0.1) is 62.2 Å². The summed E-state index contributed by atoms with van der Waals surface area (Å²) >= 11 is 0. The Morgan fingerprint density at radius 3 is 1.64 bits per heavy atom. The molecule has 0 saturated carbocycles. The first-order valence-corrected chi connectivity index (χ1v) is 20.4. The number of aliphatic hydroxyl groups excluding tert-OH is 6. The largest absolute Gasteiger partial charge is 0.397 e. The average Bonchev–Trinajstić information content (AvgIpc) is 4.19. The maximum atomic E-state index is 11.9. The molecule has 22 heteroatoms. The van der Waals surface area contributed by atoms with Gasteiger partial charge in [0, 0.05) is 18.5 Å². The van der Waals surface area contributed by atoms with E-state index in [0.29, 0.717) is 34.0 Å². The van der Waals surface area contributed by atoms with Gasteiger partial charge in [-0.1, -0.05) is 36.0 Å². The lowest BCUT2D eigenvalue weighted by Crippen LogP contribution is -2.43. The molecule has 22 nitrogen and oxygen atoms in total. The van der Waals surface area contributed by atoms with Crippen molar-refractivity contribution < 1.29 is 44.8 Å². The van der Waals surface area contributed by atoms with E-state index in [-0.39, 0.29) is 22.0 Å². The van der Waals surface area contributed by atoms with E-state index in [2.05, 4.69) is 72.4 Å². The van der Waals surface area contributed by atoms with Gasteiger partial charge in [-0.05, 0) is 13.0 Å². The van der Waals surface area contributed by atoms with Gasteiger partial charge in [0.15, 0.2) is 39.1 Å². The smallest absolute Gasteiger partial charge is 0.279 e. The first-order valence-electron chi connectivity index (χ1n) is 20.4. The predicted octanol–water partition coefficient (Wildman–Crippen LogP) is -0.665. The van der Waals surface area contributed by atoms with Gasteiger partial charge in [-0.15, -0.1) is 39.0 Å². The van der Waals surface area contributed by atoms with Crippen molar-refractivity contribution >= 4 is 39.2 Å². The lowest BCUT2D eigenvalue weighted by Gasteiger charge is -2.23. The molecule has 9 rings (SSSR count). The Morgan fingerprint density at radius 2 is 1.16 bits per heavy atom. The second kappa shape index (κ2) is 18.5. The molecule has 0 aromatic carbocycles. The SMILES string of the molecule is C#C[C@]1(CO)O[C@@H](n2cnc3c(=O)[nH]c(C)nc32)[C@@H](C=C)[C@@H]1O.C#C[C@]1(CO)O[C@@H](n2cnc3c(=O)cc[nH]c32)[C@@H](C=C)[C@@H]1O.C#C[C@]1(CO)O[C@@H](n2cnc3c(N)ccnc32)[C@@H](C=C)[C@@H]1O. The number of fused-ring (bicyclic) bond motifs is 3. The second-order valence-corrected chi connectivity index (χ2v) is 15.8. The molecule has 3 fully saturated rings. The van der Waals surface area contributed by atoms with Crippen LogP contribution in [0.5, 0.6) is 0 Å². The zero-order valence-electron chi connectivity index (χ0n) is 35.8. The molecule has 0 amide bonds. The van der Waals surface area contributed by atoms with Crippen LogP contribution in [0.25, 0.3) is 33.5 Å². The number of aliphatic hydroxyl groups is 6. The number of nitrogen functional groups attached to an aromatic ring is 1. The number of nitrogens with one attached hydrogen (secondary N) is 2. The molecule has 0 spiro atoms. The number of terminal acetylenes is 3. The molecule has 6 aromatic heterocycles. The van der Waals surface area contributed by atoms with Crippen LogP contribution >= 0.6 is 0 Å². The number of H-pyrrole nitrogens is 2. The quantitative estimate of drug-likeness (QED) is 0.0642. The number of anilines is 1. The van der Waals surface area contributed by atoms with Crippen molar-refractivity contribution in [2.24, 2.45) is 17.8 Å². The van der Waals surface area contributed by atoms with Crippen LogP contribution < -0.4 is 16.7 Å². The molecule has 3 aliphatic heterocycles. The summed E-state index contributed by atoms with van der Waals surface area (Å²) in [5.41, 5.74) is 3.41. The van der Waals surface area contributed by atoms with Gasteiger partial charge < -0.3 is 60.6 Å². The number of hydrogen-bond donors (Lipinski definition) is 9. The number of ether oxygens (including phenoxy) is 3. The Kier molecular flexibility index (Phi) is 13.2. The summed E-state index contributed by atoms with van der Waals surface area (Å²) in [6.45, 7) is 11.2. The fraction of sp³-hybridized carbons (Fsp3) is 0.356. The van der Waals surface area contributed by atoms with Crippen molar-refractivity contribution in [3.8, 4) is 37.0 Å². The van der Waals surface area contributed by atoms with Gasteiger partial charge in [-0.25, -0.2) is 24.9 Å². The van der Waals surface area contributed by atoms with Gasteiger partial charge in [-0.3, -0.25) is 23.3 Å². The van der Waals surface area contributed by atoms with Gasteiger partial charge in [0.2, 0.25) is 5.43 Å². The third kappa shape index (κ3) is 7.69. The minimum absolute atomic E-state index is 0.152. The summed E-state index contributed by atoms with van der Waals surface area (Å²) in [6.07, 6.45) is 22.7. The summed E-state index contributed by atoms with van der Waals surface area (Å²) in [7, 11) is 0. The number of rotatable bonds is 9. The summed E-state index contributed by atoms with van der Waals surface area (Å²) in [5, 5.41) is 59.9. The molecule has 0 radical (unpaired) electrons. The van der Waals surface area contributed by atoms with E-state index in [1.807, 2.05) is 0 Å². The first kappa shape index (κ1) is 47.7. The number of aryl methyl sites for hydroxylation is 1. The lowest BCUT2D eigenvalue weighted by atomic mass is 9.91. The van der Waals surface area contributed by atoms with E-state index in [1.165, 1.54) is 48.0 Å². The van der Waals surface area contributed by atoms with Crippen molar-refractivity contribution in [2.45, 2.75) is 60.7 Å². The zero-order valence-corrected chi connectivity index (χ0v) is 35.8. The van der Waals surface area contributed by atoms with Crippen molar-refractivity contribution in [2.75, 3.05) is 25.6 Å². The summed E-state index contributed by atoms with van der Waals surface area (Å²) in [6, 6.07) is 3.02. The summed E-state index contributed by atoms with van der Waals surface area (Å²) in [5.74, 6) is 5.70.